The van der Waals surface area contributed by atoms with Crippen LogP contribution in [-0.2, 0) is 20.9 Å². The number of methoxy groups -OCH3 is 1. The highest BCUT2D eigenvalue weighted by Gasteiger charge is 2.13. The number of fused-ring (bicyclic) bond motifs is 1. The molecule has 0 unspecified atom stereocenters. The average Bonchev–Trinajstić information content (AvgIpc) is 2.70. The highest BCUT2D eigenvalue weighted by Crippen LogP contribution is 2.28. The number of hydrogen-bond acceptors (Lipinski definition) is 5. The Hall–Kier alpha value is -3.34. The summed E-state index contributed by atoms with van der Waals surface area (Å²) in [5.41, 5.74) is 1.84. The van der Waals surface area contributed by atoms with E-state index in [1.165, 1.54) is 7.11 Å². The van der Waals surface area contributed by atoms with Crippen molar-refractivity contribution in [2.24, 2.45) is 0 Å². The summed E-state index contributed by atoms with van der Waals surface area (Å²) in [6.45, 7) is 2.06. The Morgan fingerprint density at radius 2 is 1.57 bits per heavy atom. The summed E-state index contributed by atoms with van der Waals surface area (Å²) in [5, 5.41) is 2.22. The van der Waals surface area contributed by atoms with Crippen molar-refractivity contribution < 1.29 is 23.8 Å². The quantitative estimate of drug-likeness (QED) is 0.445. The molecule has 0 atom stereocenters. The lowest BCUT2D eigenvalue weighted by atomic mass is 10.1. The van der Waals surface area contributed by atoms with Crippen LogP contribution in [0.3, 0.4) is 0 Å². The Morgan fingerprint density at radius 3 is 2.36 bits per heavy atom. The van der Waals surface area contributed by atoms with Crippen molar-refractivity contribution in [3.63, 3.8) is 0 Å². The fourth-order valence-corrected chi connectivity index (χ4v) is 2.81. The van der Waals surface area contributed by atoms with E-state index in [0.717, 1.165) is 21.9 Å². The lowest BCUT2D eigenvalue weighted by molar-refractivity contribution is -0.148. The standard InChI is InChI=1S/C23H22O5/c1-16-7-10-20(26-2)21(13-16)28-23(25)12-11-22(24)27-15-17-8-9-18-5-3-4-6-19(18)14-17/h3-10,13-14H,11-12,15H2,1-2H3. The van der Waals surface area contributed by atoms with E-state index in [9.17, 15) is 9.59 Å². The Kier molecular flexibility index (Phi) is 6.27. The molecule has 0 saturated heterocycles. The van der Waals surface area contributed by atoms with Crippen molar-refractivity contribution in [1.29, 1.82) is 0 Å². The van der Waals surface area contributed by atoms with Crippen molar-refractivity contribution in [2.45, 2.75) is 26.4 Å². The maximum Gasteiger partial charge on any atom is 0.311 e. The lowest BCUT2D eigenvalue weighted by Gasteiger charge is -2.10. The van der Waals surface area contributed by atoms with Crippen LogP contribution in [0.4, 0.5) is 0 Å². The molecule has 0 fully saturated rings. The van der Waals surface area contributed by atoms with Gasteiger partial charge in [-0.1, -0.05) is 42.5 Å². The topological polar surface area (TPSA) is 61.8 Å². The van der Waals surface area contributed by atoms with E-state index in [4.69, 9.17) is 14.2 Å². The number of esters is 2. The maximum absolute atomic E-state index is 12.0. The molecule has 5 heteroatoms. The first kappa shape index (κ1) is 19.4. The van der Waals surface area contributed by atoms with Crippen LogP contribution in [0, 0.1) is 6.92 Å². The highest BCUT2D eigenvalue weighted by molar-refractivity contribution is 5.83. The van der Waals surface area contributed by atoms with Crippen molar-refractivity contribution >= 4 is 22.7 Å². The Morgan fingerprint density at radius 1 is 0.821 bits per heavy atom. The molecule has 0 aliphatic heterocycles. The van der Waals surface area contributed by atoms with E-state index in [-0.39, 0.29) is 19.4 Å². The monoisotopic (exact) mass is 378 g/mol. The van der Waals surface area contributed by atoms with E-state index in [1.807, 2.05) is 55.5 Å². The van der Waals surface area contributed by atoms with Crippen molar-refractivity contribution in [3.05, 3.63) is 71.8 Å². The second-order valence-corrected chi connectivity index (χ2v) is 6.47. The zero-order chi connectivity index (χ0) is 19.9. The van der Waals surface area contributed by atoms with Gasteiger partial charge in [-0.2, -0.15) is 0 Å². The minimum atomic E-state index is -0.508. The molecule has 0 aliphatic carbocycles. The van der Waals surface area contributed by atoms with Gasteiger partial charge in [0.1, 0.15) is 6.61 Å². The number of carbonyl (C=O) groups is 2. The maximum atomic E-state index is 12.0. The molecular weight excluding hydrogens is 356 g/mol. The molecule has 0 bridgehead atoms. The second kappa shape index (κ2) is 9.04. The zero-order valence-electron chi connectivity index (χ0n) is 15.9. The number of rotatable bonds is 7. The number of hydrogen-bond donors (Lipinski definition) is 0. The molecule has 3 rings (SSSR count). The van der Waals surface area contributed by atoms with Gasteiger partial charge in [0.2, 0.25) is 0 Å². The van der Waals surface area contributed by atoms with Crippen LogP contribution in [0.2, 0.25) is 0 Å². The molecule has 144 valence electrons. The van der Waals surface area contributed by atoms with Gasteiger partial charge in [0, 0.05) is 0 Å². The Labute approximate surface area is 163 Å². The molecule has 0 spiro atoms. The van der Waals surface area contributed by atoms with Crippen LogP contribution >= 0.6 is 0 Å². The summed E-state index contributed by atoms with van der Waals surface area (Å²) < 4.78 is 15.8. The minimum Gasteiger partial charge on any atom is -0.493 e. The molecule has 0 aromatic heterocycles. The van der Waals surface area contributed by atoms with Gasteiger partial charge >= 0.3 is 11.9 Å². The SMILES string of the molecule is COc1ccc(C)cc1OC(=O)CCC(=O)OCc1ccc2ccccc2c1. The number of ether oxygens (including phenoxy) is 3. The molecule has 5 nitrogen and oxygen atoms in total. The first-order valence-electron chi connectivity index (χ1n) is 9.04. The lowest BCUT2D eigenvalue weighted by Crippen LogP contribution is -2.13. The van der Waals surface area contributed by atoms with Gasteiger partial charge in [0.15, 0.2) is 11.5 Å². The number of benzene rings is 3. The molecule has 0 amide bonds. The molecular formula is C23H22O5. The van der Waals surface area contributed by atoms with Gasteiger partial charge < -0.3 is 14.2 Å². The summed E-state index contributed by atoms with van der Waals surface area (Å²) in [7, 11) is 1.51. The van der Waals surface area contributed by atoms with E-state index in [0.29, 0.717) is 11.5 Å². The molecule has 0 saturated carbocycles. The van der Waals surface area contributed by atoms with Crippen molar-refractivity contribution in [1.82, 2.24) is 0 Å². The predicted octanol–water partition coefficient (Wildman–Crippen LogP) is 4.59. The summed E-state index contributed by atoms with van der Waals surface area (Å²) >= 11 is 0. The highest BCUT2D eigenvalue weighted by atomic mass is 16.6. The van der Waals surface area contributed by atoms with Crippen molar-refractivity contribution in [3.8, 4) is 11.5 Å². The van der Waals surface area contributed by atoms with Crippen LogP contribution in [0.5, 0.6) is 11.5 Å². The third-order valence-electron chi connectivity index (χ3n) is 4.29. The van der Waals surface area contributed by atoms with Crippen LogP contribution in [-0.4, -0.2) is 19.0 Å². The number of aryl methyl sites for hydroxylation is 1. The molecule has 0 radical (unpaired) electrons. The van der Waals surface area contributed by atoms with Gasteiger partial charge in [-0.25, -0.2) is 0 Å². The molecule has 28 heavy (non-hydrogen) atoms. The van der Waals surface area contributed by atoms with Gasteiger partial charge in [-0.15, -0.1) is 0 Å². The van der Waals surface area contributed by atoms with Crippen LogP contribution < -0.4 is 9.47 Å². The summed E-state index contributed by atoms with van der Waals surface area (Å²) in [6.07, 6.45) is -0.103. The fraction of sp³-hybridized carbons (Fsp3) is 0.217. The van der Waals surface area contributed by atoms with E-state index in [1.54, 1.807) is 12.1 Å². The largest absolute Gasteiger partial charge is 0.493 e. The van der Waals surface area contributed by atoms with Crippen LogP contribution in [0.15, 0.2) is 60.7 Å². The van der Waals surface area contributed by atoms with Crippen LogP contribution in [0.1, 0.15) is 24.0 Å². The molecule has 0 aliphatic rings. The second-order valence-electron chi connectivity index (χ2n) is 6.47. The van der Waals surface area contributed by atoms with E-state index in [2.05, 4.69) is 0 Å². The zero-order valence-corrected chi connectivity index (χ0v) is 15.9. The normalized spacial score (nSPS) is 10.5. The summed E-state index contributed by atoms with van der Waals surface area (Å²) in [6, 6.07) is 19.2. The summed E-state index contributed by atoms with van der Waals surface area (Å²) in [5.74, 6) is -0.136. The Balaban J connectivity index is 1.48. The Bertz CT molecular complexity index is 993. The fourth-order valence-electron chi connectivity index (χ4n) is 2.81. The van der Waals surface area contributed by atoms with Crippen molar-refractivity contribution in [2.75, 3.05) is 7.11 Å². The minimum absolute atomic E-state index is 0.0411. The van der Waals surface area contributed by atoms with Gasteiger partial charge in [-0.3, -0.25) is 9.59 Å². The van der Waals surface area contributed by atoms with Crippen LogP contribution in [0.25, 0.3) is 10.8 Å². The van der Waals surface area contributed by atoms with Gasteiger partial charge in [0.25, 0.3) is 0 Å². The third-order valence-corrected chi connectivity index (χ3v) is 4.29. The molecule has 0 heterocycles. The smallest absolute Gasteiger partial charge is 0.311 e. The molecule has 0 N–H and O–H groups in total. The van der Waals surface area contributed by atoms with E-state index < -0.39 is 11.9 Å². The number of carbonyl (C=O) groups excluding carboxylic acids is 2. The summed E-state index contributed by atoms with van der Waals surface area (Å²) in [4.78, 5) is 24.0. The third kappa shape index (κ3) is 5.10. The van der Waals surface area contributed by atoms with Gasteiger partial charge in [-0.05, 0) is 47.0 Å². The first-order valence-corrected chi connectivity index (χ1v) is 9.04. The predicted molar refractivity (Wildman–Crippen MR) is 106 cm³/mol. The average molecular weight is 378 g/mol. The first-order chi connectivity index (χ1) is 13.5. The molecule has 3 aromatic carbocycles. The molecule has 3 aromatic rings. The van der Waals surface area contributed by atoms with Gasteiger partial charge in [0.05, 0.1) is 20.0 Å². The van der Waals surface area contributed by atoms with E-state index >= 15 is 0 Å².